The van der Waals surface area contributed by atoms with Crippen LogP contribution in [0.4, 0.5) is 5.88 Å². The number of carboxylic acids is 1. The highest BCUT2D eigenvalue weighted by atomic mass is 16.5. The van der Waals surface area contributed by atoms with Crippen LogP contribution in [0, 0.1) is 6.92 Å². The van der Waals surface area contributed by atoms with Gasteiger partial charge in [0.05, 0.1) is 5.69 Å². The molecule has 0 aliphatic carbocycles. The van der Waals surface area contributed by atoms with Gasteiger partial charge in [0.15, 0.2) is 5.56 Å². The molecule has 0 fully saturated rings. The Kier molecular flexibility index (Phi) is 1.94. The number of carbonyl (C=O) groups is 1. The van der Waals surface area contributed by atoms with Crippen LogP contribution in [0.25, 0.3) is 17.2 Å². The number of hydrogen-bond donors (Lipinski definition) is 2. The molecule has 0 atom stereocenters. The minimum absolute atomic E-state index is 0.131. The highest BCUT2D eigenvalue weighted by molar-refractivity contribution is 5.98. The van der Waals surface area contributed by atoms with Crippen molar-refractivity contribution in [2.75, 3.05) is 5.73 Å². The van der Waals surface area contributed by atoms with Gasteiger partial charge >= 0.3 is 11.8 Å². The zero-order valence-corrected chi connectivity index (χ0v) is 9.25. The number of imidazole rings is 1. The Labute approximate surface area is 99.6 Å². The van der Waals surface area contributed by atoms with Crippen molar-refractivity contribution in [3.05, 3.63) is 23.7 Å². The molecule has 0 radical (unpaired) electrons. The lowest BCUT2D eigenvalue weighted by Crippen LogP contribution is -2.02. The summed E-state index contributed by atoms with van der Waals surface area (Å²) in [6.07, 6.45) is 3.05. The lowest BCUT2D eigenvalue weighted by Gasteiger charge is -1.97. The van der Waals surface area contributed by atoms with Crippen molar-refractivity contribution in [1.82, 2.24) is 14.5 Å². The molecule has 3 rings (SSSR count). The van der Waals surface area contributed by atoms with Gasteiger partial charge in [0.1, 0.15) is 17.7 Å². The summed E-state index contributed by atoms with van der Waals surface area (Å²) < 4.78 is 11.4. The van der Waals surface area contributed by atoms with E-state index in [9.17, 15) is 4.79 Å². The maximum absolute atomic E-state index is 11.2. The monoisotopic (exact) mass is 248 g/mol. The minimum Gasteiger partial charge on any atom is -0.477 e. The van der Waals surface area contributed by atoms with Crippen LogP contribution in [0.3, 0.4) is 0 Å². The molecular formula is C10H8N4O4. The zero-order valence-electron chi connectivity index (χ0n) is 9.25. The van der Waals surface area contributed by atoms with E-state index in [2.05, 4.69) is 10.1 Å². The van der Waals surface area contributed by atoms with Gasteiger partial charge in [-0.1, -0.05) is 5.16 Å². The summed E-state index contributed by atoms with van der Waals surface area (Å²) in [6, 6.07) is 0. The molecule has 0 aliphatic heterocycles. The number of nitrogen functional groups attached to an aromatic ring is 1. The normalized spacial score (nSPS) is 11.2. The first-order valence-corrected chi connectivity index (χ1v) is 5.00. The highest BCUT2D eigenvalue weighted by Gasteiger charge is 2.26. The van der Waals surface area contributed by atoms with Gasteiger partial charge in [-0.3, -0.25) is 4.40 Å². The number of hydrogen-bond acceptors (Lipinski definition) is 6. The number of nitrogens with two attached hydrogens (primary N) is 1. The number of carboxylic acid groups (broad SMARTS) is 1. The van der Waals surface area contributed by atoms with Crippen LogP contribution in [0.2, 0.25) is 0 Å². The molecular weight excluding hydrogens is 240 g/mol. The van der Waals surface area contributed by atoms with Crippen LogP contribution in [0.1, 0.15) is 16.1 Å². The number of aryl methyl sites for hydroxylation is 1. The zero-order chi connectivity index (χ0) is 12.9. The maximum atomic E-state index is 11.2. The third-order valence-electron chi connectivity index (χ3n) is 2.59. The topological polar surface area (TPSA) is 120 Å². The largest absolute Gasteiger partial charge is 0.477 e. The van der Waals surface area contributed by atoms with Crippen LogP contribution in [-0.2, 0) is 0 Å². The van der Waals surface area contributed by atoms with Crippen LogP contribution in [0.5, 0.6) is 0 Å². The predicted octanol–water partition coefficient (Wildman–Crippen LogP) is 1.17. The van der Waals surface area contributed by atoms with Crippen molar-refractivity contribution in [1.29, 1.82) is 0 Å². The number of anilines is 1. The fourth-order valence-corrected chi connectivity index (χ4v) is 1.85. The fourth-order valence-electron chi connectivity index (χ4n) is 1.85. The average molecular weight is 248 g/mol. The van der Waals surface area contributed by atoms with Gasteiger partial charge in [0.25, 0.3) is 0 Å². The van der Waals surface area contributed by atoms with Gasteiger partial charge in [-0.2, -0.15) is 4.98 Å². The van der Waals surface area contributed by atoms with Gasteiger partial charge in [-0.25, -0.2) is 4.79 Å². The van der Waals surface area contributed by atoms with Crippen molar-refractivity contribution in [3.63, 3.8) is 0 Å². The second-order valence-corrected chi connectivity index (χ2v) is 3.68. The molecule has 8 heteroatoms. The molecule has 18 heavy (non-hydrogen) atoms. The second kappa shape index (κ2) is 3.36. The Bertz CT molecular complexity index is 751. The van der Waals surface area contributed by atoms with Crippen LogP contribution in [-0.4, -0.2) is 25.6 Å². The lowest BCUT2D eigenvalue weighted by molar-refractivity contribution is 0.0698. The maximum Gasteiger partial charge on any atom is 0.343 e. The van der Waals surface area contributed by atoms with Crippen molar-refractivity contribution < 1.29 is 18.8 Å². The number of rotatable bonds is 2. The van der Waals surface area contributed by atoms with E-state index >= 15 is 0 Å². The standard InChI is InChI=1S/C10H8N4O4/c1-4-7(14-2-3-17-10(14)12-4)6-5(9(15)16)8(11)18-13-6/h2-3H,11H2,1H3,(H,15,16). The molecule has 0 aromatic carbocycles. The Morgan fingerprint density at radius 1 is 1.56 bits per heavy atom. The van der Waals surface area contributed by atoms with Crippen LogP contribution >= 0.6 is 0 Å². The van der Waals surface area contributed by atoms with E-state index in [1.807, 2.05) is 0 Å². The molecule has 0 saturated heterocycles. The second-order valence-electron chi connectivity index (χ2n) is 3.68. The third-order valence-corrected chi connectivity index (χ3v) is 2.59. The summed E-state index contributed by atoms with van der Waals surface area (Å²) in [7, 11) is 0. The number of aromatic carboxylic acids is 1. The van der Waals surface area contributed by atoms with Crippen molar-refractivity contribution in [2.24, 2.45) is 0 Å². The van der Waals surface area contributed by atoms with Gasteiger partial charge in [-0.15, -0.1) is 0 Å². The third kappa shape index (κ3) is 1.22. The molecule has 0 aliphatic rings. The van der Waals surface area contributed by atoms with E-state index in [-0.39, 0.29) is 17.1 Å². The number of nitrogens with zero attached hydrogens (tertiary/aromatic N) is 3. The quantitative estimate of drug-likeness (QED) is 0.698. The van der Waals surface area contributed by atoms with E-state index in [0.29, 0.717) is 17.2 Å². The Balaban J connectivity index is 2.35. The molecule has 3 aromatic heterocycles. The molecule has 0 bridgehead atoms. The lowest BCUT2D eigenvalue weighted by atomic mass is 10.1. The Morgan fingerprint density at radius 2 is 2.33 bits per heavy atom. The first-order valence-electron chi connectivity index (χ1n) is 5.00. The fraction of sp³-hybridized carbons (Fsp3) is 0.100. The molecule has 3 aromatic rings. The van der Waals surface area contributed by atoms with E-state index in [1.165, 1.54) is 6.26 Å². The van der Waals surface area contributed by atoms with Gasteiger partial charge in [-0.05, 0) is 6.92 Å². The first kappa shape index (κ1) is 10.4. The number of oxazole rings is 1. The summed E-state index contributed by atoms with van der Waals surface area (Å²) in [4.78, 5) is 15.3. The first-order chi connectivity index (χ1) is 8.59. The Hall–Kier alpha value is -2.77. The average Bonchev–Trinajstić information content (AvgIpc) is 2.92. The van der Waals surface area contributed by atoms with Crippen LogP contribution in [0.15, 0.2) is 21.4 Å². The minimum atomic E-state index is -1.21. The smallest absolute Gasteiger partial charge is 0.343 e. The van der Waals surface area contributed by atoms with Gasteiger partial charge in [0.2, 0.25) is 5.88 Å². The van der Waals surface area contributed by atoms with E-state index < -0.39 is 5.97 Å². The summed E-state index contributed by atoms with van der Waals surface area (Å²) in [5.74, 6) is -1.10. The predicted molar refractivity (Wildman–Crippen MR) is 59.1 cm³/mol. The summed E-state index contributed by atoms with van der Waals surface area (Å²) in [6.45, 7) is 1.72. The summed E-state index contributed by atoms with van der Waals surface area (Å²) >= 11 is 0. The molecule has 8 nitrogen and oxygen atoms in total. The van der Waals surface area contributed by atoms with E-state index in [1.54, 1.807) is 17.5 Å². The molecule has 92 valence electrons. The SMILES string of the molecule is Cc1nc2occn2c1-c1noc(N)c1C(=O)O. The molecule has 0 saturated carbocycles. The molecule has 3 N–H and O–H groups in total. The van der Waals surface area contributed by atoms with Crippen molar-refractivity contribution >= 4 is 17.7 Å². The summed E-state index contributed by atoms with van der Waals surface area (Å²) in [5, 5.41) is 12.8. The van der Waals surface area contributed by atoms with Gasteiger partial charge < -0.3 is 19.8 Å². The Morgan fingerprint density at radius 3 is 3.06 bits per heavy atom. The summed E-state index contributed by atoms with van der Waals surface area (Å²) in [5.41, 5.74) is 6.46. The van der Waals surface area contributed by atoms with Crippen LogP contribution < -0.4 is 5.73 Å². The van der Waals surface area contributed by atoms with Crippen molar-refractivity contribution in [3.8, 4) is 11.4 Å². The molecule has 0 spiro atoms. The molecule has 0 unspecified atom stereocenters. The highest BCUT2D eigenvalue weighted by Crippen LogP contribution is 2.30. The molecule has 3 heterocycles. The van der Waals surface area contributed by atoms with Crippen molar-refractivity contribution in [2.45, 2.75) is 6.92 Å². The molecule has 0 amide bonds. The van der Waals surface area contributed by atoms with E-state index in [4.69, 9.17) is 19.8 Å². The van der Waals surface area contributed by atoms with Gasteiger partial charge in [0, 0.05) is 6.20 Å². The number of fused-ring (bicyclic) bond motifs is 1. The van der Waals surface area contributed by atoms with E-state index in [0.717, 1.165) is 0 Å². The number of aromatic nitrogens is 3.